The van der Waals surface area contributed by atoms with Crippen LogP contribution in [0, 0.1) is 17.0 Å². The number of benzene rings is 1. The lowest BCUT2D eigenvalue weighted by molar-refractivity contribution is -0.384. The third-order valence-corrected chi connectivity index (χ3v) is 5.13. The van der Waals surface area contributed by atoms with Crippen molar-refractivity contribution in [3.05, 3.63) is 68.6 Å². The van der Waals surface area contributed by atoms with Gasteiger partial charge in [0.25, 0.3) is 5.69 Å². The number of fused-ring (bicyclic) bond motifs is 1. The van der Waals surface area contributed by atoms with Gasteiger partial charge in [-0.15, -0.1) is 11.3 Å². The second-order valence-electron chi connectivity index (χ2n) is 5.77. The van der Waals surface area contributed by atoms with Crippen LogP contribution in [0.2, 0.25) is 4.34 Å². The number of halogens is 1. The van der Waals surface area contributed by atoms with Crippen LogP contribution in [0.1, 0.15) is 11.4 Å². The summed E-state index contributed by atoms with van der Waals surface area (Å²) in [4.78, 5) is 24.7. The van der Waals surface area contributed by atoms with Gasteiger partial charge in [0.05, 0.1) is 14.6 Å². The summed E-state index contributed by atoms with van der Waals surface area (Å²) in [6, 6.07) is 8.28. The number of aryl methyl sites for hydroxylation is 1. The van der Waals surface area contributed by atoms with Crippen LogP contribution < -0.4 is 5.32 Å². The zero-order chi connectivity index (χ0) is 19.0. The SMILES string of the molecule is Cc1nccn1-c1nc(NCc2cccc([N+](=O)[O-])c2)c2cc(Cl)sc2n1. The maximum Gasteiger partial charge on any atom is 0.269 e. The first-order valence-electron chi connectivity index (χ1n) is 7.96. The molecule has 4 rings (SSSR count). The molecule has 0 saturated heterocycles. The Kier molecular flexibility index (Phi) is 4.46. The number of nitro groups is 1. The van der Waals surface area contributed by atoms with Gasteiger partial charge < -0.3 is 5.32 Å². The van der Waals surface area contributed by atoms with E-state index in [1.807, 2.05) is 19.1 Å². The minimum Gasteiger partial charge on any atom is -0.365 e. The van der Waals surface area contributed by atoms with Crippen molar-refractivity contribution in [2.24, 2.45) is 0 Å². The van der Waals surface area contributed by atoms with Gasteiger partial charge in [0.1, 0.15) is 16.5 Å². The highest BCUT2D eigenvalue weighted by molar-refractivity contribution is 7.22. The Morgan fingerprint density at radius 2 is 2.19 bits per heavy atom. The highest BCUT2D eigenvalue weighted by Crippen LogP contribution is 2.33. The number of anilines is 1. The third kappa shape index (κ3) is 3.46. The van der Waals surface area contributed by atoms with Crippen LogP contribution in [0.25, 0.3) is 16.2 Å². The molecule has 0 amide bonds. The molecule has 3 heterocycles. The molecule has 0 aliphatic heterocycles. The van der Waals surface area contributed by atoms with Crippen LogP contribution in [0.5, 0.6) is 0 Å². The Bertz CT molecular complexity index is 1160. The third-order valence-electron chi connectivity index (χ3n) is 3.97. The van der Waals surface area contributed by atoms with Gasteiger partial charge in [-0.3, -0.25) is 14.7 Å². The van der Waals surface area contributed by atoms with Gasteiger partial charge in [0.15, 0.2) is 0 Å². The Morgan fingerprint density at radius 3 is 2.93 bits per heavy atom. The Hall–Kier alpha value is -3.04. The number of aromatic nitrogens is 4. The number of nitrogens with one attached hydrogen (secondary N) is 1. The minimum absolute atomic E-state index is 0.0513. The van der Waals surface area contributed by atoms with Gasteiger partial charge >= 0.3 is 0 Å². The fourth-order valence-electron chi connectivity index (χ4n) is 2.68. The smallest absolute Gasteiger partial charge is 0.269 e. The summed E-state index contributed by atoms with van der Waals surface area (Å²) in [6.45, 7) is 2.24. The van der Waals surface area contributed by atoms with Crippen molar-refractivity contribution >= 4 is 44.7 Å². The highest BCUT2D eigenvalue weighted by Gasteiger charge is 2.14. The monoisotopic (exact) mass is 400 g/mol. The predicted molar refractivity (Wildman–Crippen MR) is 105 cm³/mol. The first kappa shape index (κ1) is 17.4. The maximum absolute atomic E-state index is 11.0. The van der Waals surface area contributed by atoms with Crippen LogP contribution in [-0.4, -0.2) is 24.4 Å². The number of rotatable bonds is 5. The summed E-state index contributed by atoms with van der Waals surface area (Å²) >= 11 is 7.53. The molecule has 8 nitrogen and oxygen atoms in total. The van der Waals surface area contributed by atoms with Crippen LogP contribution >= 0.6 is 22.9 Å². The van der Waals surface area contributed by atoms with E-state index in [-0.39, 0.29) is 5.69 Å². The predicted octanol–water partition coefficient (Wildman–Crippen LogP) is 4.36. The van der Waals surface area contributed by atoms with Gasteiger partial charge in [-0.2, -0.15) is 4.98 Å². The number of nitrogens with zero attached hydrogens (tertiary/aromatic N) is 5. The fourth-order valence-corrected chi connectivity index (χ4v) is 3.76. The highest BCUT2D eigenvalue weighted by atomic mass is 35.5. The van der Waals surface area contributed by atoms with E-state index >= 15 is 0 Å². The Balaban J connectivity index is 1.71. The molecule has 1 aromatic carbocycles. The summed E-state index contributed by atoms with van der Waals surface area (Å²) in [5.74, 6) is 1.86. The summed E-state index contributed by atoms with van der Waals surface area (Å²) in [5.41, 5.74) is 0.827. The van der Waals surface area contributed by atoms with Crippen molar-refractivity contribution in [3.63, 3.8) is 0 Å². The zero-order valence-electron chi connectivity index (χ0n) is 14.1. The van der Waals surface area contributed by atoms with Crippen molar-refractivity contribution in [1.29, 1.82) is 0 Å². The first-order chi connectivity index (χ1) is 13.0. The van der Waals surface area contributed by atoms with E-state index in [1.165, 1.54) is 23.5 Å². The van der Waals surface area contributed by atoms with Gasteiger partial charge in [-0.05, 0) is 18.6 Å². The Labute approximate surface area is 162 Å². The van der Waals surface area contributed by atoms with Gasteiger partial charge in [-0.25, -0.2) is 9.97 Å². The number of imidazole rings is 1. The minimum atomic E-state index is -0.412. The summed E-state index contributed by atoms with van der Waals surface area (Å²) < 4.78 is 2.39. The van der Waals surface area contributed by atoms with Crippen molar-refractivity contribution in [2.75, 3.05) is 5.32 Å². The molecule has 0 aliphatic carbocycles. The van der Waals surface area contributed by atoms with Gasteiger partial charge in [0.2, 0.25) is 5.95 Å². The van der Waals surface area contributed by atoms with Crippen molar-refractivity contribution in [3.8, 4) is 5.95 Å². The van der Waals surface area contributed by atoms with Crippen LogP contribution in [0.4, 0.5) is 11.5 Å². The van der Waals surface area contributed by atoms with E-state index in [2.05, 4.69) is 20.3 Å². The quantitative estimate of drug-likeness (QED) is 0.394. The second-order valence-corrected chi connectivity index (χ2v) is 7.43. The van der Waals surface area contributed by atoms with E-state index in [1.54, 1.807) is 23.0 Å². The largest absolute Gasteiger partial charge is 0.365 e. The molecule has 1 N–H and O–H groups in total. The maximum atomic E-state index is 11.0. The van der Waals surface area contributed by atoms with Gasteiger partial charge in [-0.1, -0.05) is 23.7 Å². The molecule has 136 valence electrons. The van der Waals surface area contributed by atoms with Crippen LogP contribution in [0.3, 0.4) is 0 Å². The molecule has 0 fully saturated rings. The van der Waals surface area contributed by atoms with Crippen molar-refractivity contribution < 1.29 is 4.92 Å². The number of hydrogen-bond acceptors (Lipinski definition) is 7. The number of nitro benzene ring substituents is 1. The second kappa shape index (κ2) is 6.93. The van der Waals surface area contributed by atoms with Crippen LogP contribution in [-0.2, 0) is 6.54 Å². The average molecular weight is 401 g/mol. The lowest BCUT2D eigenvalue weighted by Crippen LogP contribution is -2.07. The van der Waals surface area contributed by atoms with E-state index in [0.29, 0.717) is 22.6 Å². The molecule has 0 atom stereocenters. The first-order valence-corrected chi connectivity index (χ1v) is 9.15. The van der Waals surface area contributed by atoms with E-state index in [4.69, 9.17) is 11.6 Å². The Morgan fingerprint density at radius 1 is 1.33 bits per heavy atom. The molecular formula is C17H13ClN6O2S. The van der Waals surface area contributed by atoms with E-state index in [9.17, 15) is 10.1 Å². The molecule has 0 radical (unpaired) electrons. The topological polar surface area (TPSA) is 98.8 Å². The molecule has 0 saturated carbocycles. The lowest BCUT2D eigenvalue weighted by atomic mass is 10.2. The van der Waals surface area contributed by atoms with Crippen molar-refractivity contribution in [2.45, 2.75) is 13.5 Å². The zero-order valence-corrected chi connectivity index (χ0v) is 15.7. The molecule has 27 heavy (non-hydrogen) atoms. The summed E-state index contributed by atoms with van der Waals surface area (Å²) in [7, 11) is 0. The molecule has 0 spiro atoms. The van der Waals surface area contributed by atoms with E-state index in [0.717, 1.165) is 21.6 Å². The van der Waals surface area contributed by atoms with Gasteiger partial charge in [0, 0.05) is 31.1 Å². The summed E-state index contributed by atoms with van der Waals surface area (Å²) in [6.07, 6.45) is 3.47. The number of hydrogen-bond donors (Lipinski definition) is 1. The normalized spacial score (nSPS) is 11.0. The lowest BCUT2D eigenvalue weighted by Gasteiger charge is -2.10. The molecular weight excluding hydrogens is 388 g/mol. The molecule has 3 aromatic heterocycles. The van der Waals surface area contributed by atoms with Crippen molar-refractivity contribution in [1.82, 2.24) is 19.5 Å². The number of thiophene rings is 1. The molecule has 10 heteroatoms. The molecule has 0 aliphatic rings. The molecule has 0 bridgehead atoms. The van der Waals surface area contributed by atoms with Crippen LogP contribution in [0.15, 0.2) is 42.7 Å². The summed E-state index contributed by atoms with van der Waals surface area (Å²) in [5, 5.41) is 15.0. The van der Waals surface area contributed by atoms with E-state index < -0.39 is 4.92 Å². The molecule has 0 unspecified atom stereocenters. The fraction of sp³-hybridized carbons (Fsp3) is 0.118. The number of non-ortho nitro benzene ring substituents is 1. The average Bonchev–Trinajstić information content (AvgIpc) is 3.24. The molecule has 4 aromatic rings. The standard InChI is InChI=1S/C17H13ClN6O2S/c1-10-19-5-6-23(10)17-21-15(13-8-14(18)27-16(13)22-17)20-9-11-3-2-4-12(7-11)24(25)26/h2-8H,9H2,1H3,(H,20,21,22).